The average molecular weight is 196 g/mol. The number of nitrogens with one attached hydrogen (secondary N) is 2. The van der Waals surface area contributed by atoms with E-state index in [0.29, 0.717) is 13.1 Å². The van der Waals surface area contributed by atoms with Crippen LogP contribution in [-0.2, 0) is 11.2 Å². The van der Waals surface area contributed by atoms with Crippen LogP contribution in [0.5, 0.6) is 0 Å². The number of hydrogen-bond donors (Lipinski definition) is 3. The molecule has 1 atom stereocenters. The third-order valence-corrected chi connectivity index (χ3v) is 2.02. The molecule has 0 aromatic carbocycles. The molecule has 0 bridgehead atoms. The molecule has 1 aromatic heterocycles. The molecule has 5 nitrogen and oxygen atoms in total. The molecule has 0 spiro atoms. The predicted molar refractivity (Wildman–Crippen MR) is 53.5 cm³/mol. The van der Waals surface area contributed by atoms with E-state index in [-0.39, 0.29) is 11.8 Å². The molecule has 0 aliphatic rings. The predicted octanol–water partition coefficient (Wildman–Crippen LogP) is -0.337. The molecular weight excluding hydrogens is 180 g/mol. The molecule has 1 amide bonds. The minimum atomic E-state index is -0.119. The normalized spacial score (nSPS) is 12.4. The van der Waals surface area contributed by atoms with Crippen LogP contribution in [0.3, 0.4) is 0 Å². The second kappa shape index (κ2) is 5.39. The lowest BCUT2D eigenvalue weighted by Gasteiger charge is -2.08. The molecule has 0 saturated heterocycles. The monoisotopic (exact) mass is 196 g/mol. The zero-order chi connectivity index (χ0) is 10.4. The Kier molecular flexibility index (Phi) is 4.12. The van der Waals surface area contributed by atoms with Crippen LogP contribution in [0, 0.1) is 5.92 Å². The first-order valence-electron chi connectivity index (χ1n) is 4.70. The lowest BCUT2D eigenvalue weighted by molar-refractivity contribution is -0.124. The highest BCUT2D eigenvalue weighted by atomic mass is 16.1. The molecule has 14 heavy (non-hydrogen) atoms. The van der Waals surface area contributed by atoms with Gasteiger partial charge in [0.2, 0.25) is 5.91 Å². The maximum Gasteiger partial charge on any atom is 0.224 e. The van der Waals surface area contributed by atoms with E-state index in [2.05, 4.69) is 15.3 Å². The molecule has 1 rings (SSSR count). The summed E-state index contributed by atoms with van der Waals surface area (Å²) in [5.41, 5.74) is 5.36. The van der Waals surface area contributed by atoms with E-state index in [1.165, 1.54) is 0 Å². The molecular formula is C9H16N4O. The first-order valence-corrected chi connectivity index (χ1v) is 4.70. The van der Waals surface area contributed by atoms with Crippen molar-refractivity contribution < 1.29 is 4.79 Å². The van der Waals surface area contributed by atoms with Crippen molar-refractivity contribution in [2.45, 2.75) is 13.3 Å². The van der Waals surface area contributed by atoms with E-state index in [4.69, 9.17) is 5.73 Å². The summed E-state index contributed by atoms with van der Waals surface area (Å²) in [4.78, 5) is 18.3. The van der Waals surface area contributed by atoms with Gasteiger partial charge >= 0.3 is 0 Å². The van der Waals surface area contributed by atoms with Crippen LogP contribution >= 0.6 is 0 Å². The van der Waals surface area contributed by atoms with Gasteiger partial charge in [0.05, 0.1) is 0 Å². The Bertz CT molecular complexity index is 270. The Morgan fingerprint density at radius 3 is 3.14 bits per heavy atom. The number of carbonyl (C=O) groups excluding carboxylic acids is 1. The Balaban J connectivity index is 2.18. The van der Waals surface area contributed by atoms with Crippen LogP contribution in [0.25, 0.3) is 0 Å². The first-order chi connectivity index (χ1) is 6.74. The van der Waals surface area contributed by atoms with Gasteiger partial charge in [0.15, 0.2) is 0 Å². The van der Waals surface area contributed by atoms with Crippen LogP contribution < -0.4 is 11.1 Å². The molecule has 78 valence electrons. The Hall–Kier alpha value is -1.36. The van der Waals surface area contributed by atoms with Crippen molar-refractivity contribution in [2.24, 2.45) is 11.7 Å². The smallest absolute Gasteiger partial charge is 0.224 e. The number of nitrogens with zero attached hydrogens (tertiary/aromatic N) is 1. The lowest BCUT2D eigenvalue weighted by atomic mass is 10.2. The fourth-order valence-corrected chi connectivity index (χ4v) is 1.02. The number of nitrogens with two attached hydrogens (primary N) is 1. The van der Waals surface area contributed by atoms with Gasteiger partial charge in [-0.3, -0.25) is 4.79 Å². The molecule has 0 aliphatic carbocycles. The SMILES string of the molecule is CC(CN)C(=O)NCCc1ncc[nH]1. The van der Waals surface area contributed by atoms with Crippen LogP contribution in [0.4, 0.5) is 0 Å². The first kappa shape index (κ1) is 10.7. The Morgan fingerprint density at radius 2 is 2.57 bits per heavy atom. The number of hydrogen-bond acceptors (Lipinski definition) is 3. The maximum atomic E-state index is 11.3. The summed E-state index contributed by atoms with van der Waals surface area (Å²) in [5, 5.41) is 2.79. The fraction of sp³-hybridized carbons (Fsp3) is 0.556. The quantitative estimate of drug-likeness (QED) is 0.602. The van der Waals surface area contributed by atoms with Gasteiger partial charge in [-0.15, -0.1) is 0 Å². The van der Waals surface area contributed by atoms with Crippen molar-refractivity contribution in [1.82, 2.24) is 15.3 Å². The number of rotatable bonds is 5. The van der Waals surface area contributed by atoms with Gasteiger partial charge in [-0.05, 0) is 0 Å². The van der Waals surface area contributed by atoms with Gasteiger partial charge < -0.3 is 16.0 Å². The van der Waals surface area contributed by atoms with Crippen LogP contribution in [0.1, 0.15) is 12.7 Å². The second-order valence-corrected chi connectivity index (χ2v) is 3.21. The van der Waals surface area contributed by atoms with Crippen molar-refractivity contribution in [3.05, 3.63) is 18.2 Å². The van der Waals surface area contributed by atoms with E-state index in [1.54, 1.807) is 12.4 Å². The highest BCUT2D eigenvalue weighted by molar-refractivity contribution is 5.78. The molecule has 1 unspecified atom stereocenters. The molecule has 1 aromatic rings. The number of H-pyrrole nitrogens is 1. The standard InChI is InChI=1S/C9H16N4O/c1-7(6-10)9(14)13-3-2-8-11-4-5-12-8/h4-5,7H,2-3,6,10H2,1H3,(H,11,12)(H,13,14). The third-order valence-electron chi connectivity index (χ3n) is 2.02. The largest absolute Gasteiger partial charge is 0.355 e. The zero-order valence-electron chi connectivity index (χ0n) is 8.29. The van der Waals surface area contributed by atoms with Gasteiger partial charge in [-0.25, -0.2) is 4.98 Å². The number of carbonyl (C=O) groups is 1. The molecule has 0 aliphatic heterocycles. The number of imidazole rings is 1. The van der Waals surface area contributed by atoms with Gasteiger partial charge in [0.25, 0.3) is 0 Å². The molecule has 1 heterocycles. The van der Waals surface area contributed by atoms with Crippen LogP contribution in [0.15, 0.2) is 12.4 Å². The van der Waals surface area contributed by atoms with Crippen molar-refractivity contribution >= 4 is 5.91 Å². The van der Waals surface area contributed by atoms with Gasteiger partial charge in [-0.1, -0.05) is 6.92 Å². The summed E-state index contributed by atoms with van der Waals surface area (Å²) in [5.74, 6) is 0.761. The van der Waals surface area contributed by atoms with E-state index in [0.717, 1.165) is 12.2 Å². The summed E-state index contributed by atoms with van der Waals surface area (Å²) in [7, 11) is 0. The van der Waals surface area contributed by atoms with Crippen molar-refractivity contribution in [2.75, 3.05) is 13.1 Å². The van der Waals surface area contributed by atoms with Crippen molar-refractivity contribution in [1.29, 1.82) is 0 Å². The molecule has 0 saturated carbocycles. The molecule has 0 radical (unpaired) electrons. The highest BCUT2D eigenvalue weighted by Gasteiger charge is 2.09. The summed E-state index contributed by atoms with van der Waals surface area (Å²) >= 11 is 0. The molecule has 5 heteroatoms. The Labute approximate surface area is 83.1 Å². The zero-order valence-corrected chi connectivity index (χ0v) is 8.29. The third kappa shape index (κ3) is 3.18. The van der Waals surface area contributed by atoms with E-state index < -0.39 is 0 Å². The summed E-state index contributed by atoms with van der Waals surface area (Å²) in [6, 6.07) is 0. The van der Waals surface area contributed by atoms with Crippen LogP contribution in [0.2, 0.25) is 0 Å². The van der Waals surface area contributed by atoms with E-state index in [9.17, 15) is 4.79 Å². The molecule has 0 fully saturated rings. The van der Waals surface area contributed by atoms with Gasteiger partial charge in [0, 0.05) is 37.8 Å². The average Bonchev–Trinajstić information content (AvgIpc) is 2.69. The van der Waals surface area contributed by atoms with E-state index >= 15 is 0 Å². The summed E-state index contributed by atoms with van der Waals surface area (Å²) in [6.07, 6.45) is 4.18. The van der Waals surface area contributed by atoms with Crippen molar-refractivity contribution in [3.63, 3.8) is 0 Å². The van der Waals surface area contributed by atoms with Crippen LogP contribution in [-0.4, -0.2) is 29.0 Å². The lowest BCUT2D eigenvalue weighted by Crippen LogP contribution is -2.34. The topological polar surface area (TPSA) is 83.8 Å². The van der Waals surface area contributed by atoms with Gasteiger partial charge in [-0.2, -0.15) is 0 Å². The minimum Gasteiger partial charge on any atom is -0.355 e. The maximum absolute atomic E-state index is 11.3. The fourth-order valence-electron chi connectivity index (χ4n) is 1.02. The number of aromatic nitrogens is 2. The summed E-state index contributed by atoms with van der Waals surface area (Å²) in [6.45, 7) is 2.78. The Morgan fingerprint density at radius 1 is 1.79 bits per heavy atom. The number of amides is 1. The van der Waals surface area contributed by atoms with Gasteiger partial charge in [0.1, 0.15) is 5.82 Å². The molecule has 4 N–H and O–H groups in total. The van der Waals surface area contributed by atoms with Crippen molar-refractivity contribution in [3.8, 4) is 0 Å². The summed E-state index contributed by atoms with van der Waals surface area (Å²) < 4.78 is 0. The number of aromatic amines is 1. The minimum absolute atomic E-state index is 0.000874. The highest BCUT2D eigenvalue weighted by Crippen LogP contribution is 1.92. The van der Waals surface area contributed by atoms with E-state index in [1.807, 2.05) is 6.92 Å². The second-order valence-electron chi connectivity index (χ2n) is 3.21.